The van der Waals surface area contributed by atoms with Gasteiger partial charge >= 0.3 is 6.03 Å². The molecule has 0 aromatic heterocycles. The highest BCUT2D eigenvalue weighted by molar-refractivity contribution is 5.96. The van der Waals surface area contributed by atoms with Crippen molar-refractivity contribution in [3.63, 3.8) is 0 Å². The van der Waals surface area contributed by atoms with Crippen LogP contribution in [0, 0.1) is 6.92 Å². The first-order valence-corrected chi connectivity index (χ1v) is 7.85. The standard InChI is InChI=1S/C19H22N2O2/c1-12(2)21-17-10-13(3)8-9-16(17)18(20-19(21)22)14-6-5-7-15(11-14)23-4/h5-12,18H,1-4H3,(H,20,22). The van der Waals surface area contributed by atoms with Crippen LogP contribution in [0.5, 0.6) is 5.75 Å². The van der Waals surface area contributed by atoms with Crippen molar-refractivity contribution in [2.45, 2.75) is 32.9 Å². The predicted octanol–water partition coefficient (Wildman–Crippen LogP) is 4.03. The topological polar surface area (TPSA) is 41.6 Å². The molecule has 2 aromatic rings. The number of carbonyl (C=O) groups excluding carboxylic acids is 1. The first-order valence-electron chi connectivity index (χ1n) is 7.85. The number of hydrogen-bond acceptors (Lipinski definition) is 2. The van der Waals surface area contributed by atoms with Gasteiger partial charge in [0.1, 0.15) is 5.75 Å². The van der Waals surface area contributed by atoms with Gasteiger partial charge in [0.15, 0.2) is 0 Å². The summed E-state index contributed by atoms with van der Waals surface area (Å²) in [5.74, 6) is 0.789. The predicted molar refractivity (Wildman–Crippen MR) is 92.2 cm³/mol. The van der Waals surface area contributed by atoms with Crippen LogP contribution in [0.3, 0.4) is 0 Å². The van der Waals surface area contributed by atoms with Crippen molar-refractivity contribution < 1.29 is 9.53 Å². The highest BCUT2D eigenvalue weighted by Gasteiger charge is 2.33. The van der Waals surface area contributed by atoms with E-state index < -0.39 is 0 Å². The van der Waals surface area contributed by atoms with Crippen molar-refractivity contribution in [2.24, 2.45) is 0 Å². The van der Waals surface area contributed by atoms with Gasteiger partial charge in [0.25, 0.3) is 0 Å². The first kappa shape index (κ1) is 15.4. The molecule has 0 bridgehead atoms. The average molecular weight is 310 g/mol. The number of carbonyl (C=O) groups is 1. The molecule has 0 fully saturated rings. The van der Waals surface area contributed by atoms with Gasteiger partial charge in [-0.25, -0.2) is 4.79 Å². The van der Waals surface area contributed by atoms with Crippen molar-refractivity contribution in [2.75, 3.05) is 12.0 Å². The third-order valence-corrected chi connectivity index (χ3v) is 4.19. The van der Waals surface area contributed by atoms with Crippen molar-refractivity contribution in [1.29, 1.82) is 0 Å². The molecule has 1 heterocycles. The molecule has 0 saturated heterocycles. The molecule has 1 aliphatic rings. The van der Waals surface area contributed by atoms with E-state index >= 15 is 0 Å². The van der Waals surface area contributed by atoms with E-state index in [1.807, 2.05) is 49.9 Å². The number of ether oxygens (including phenoxy) is 1. The molecule has 0 saturated carbocycles. The maximum absolute atomic E-state index is 12.6. The van der Waals surface area contributed by atoms with Crippen LogP contribution >= 0.6 is 0 Å². The van der Waals surface area contributed by atoms with Gasteiger partial charge in [0, 0.05) is 11.6 Å². The van der Waals surface area contributed by atoms with Crippen molar-refractivity contribution in [1.82, 2.24) is 5.32 Å². The van der Waals surface area contributed by atoms with E-state index in [9.17, 15) is 4.79 Å². The monoisotopic (exact) mass is 310 g/mol. The lowest BCUT2D eigenvalue weighted by atomic mass is 9.93. The van der Waals surface area contributed by atoms with Gasteiger partial charge in [-0.2, -0.15) is 0 Å². The molecule has 4 nitrogen and oxygen atoms in total. The number of hydrogen-bond donors (Lipinski definition) is 1. The van der Waals surface area contributed by atoms with Gasteiger partial charge in [-0.1, -0.05) is 24.3 Å². The summed E-state index contributed by atoms with van der Waals surface area (Å²) >= 11 is 0. The summed E-state index contributed by atoms with van der Waals surface area (Å²) in [4.78, 5) is 14.5. The number of rotatable bonds is 3. The fourth-order valence-corrected chi connectivity index (χ4v) is 3.08. The Hall–Kier alpha value is -2.49. The number of aryl methyl sites for hydroxylation is 1. The summed E-state index contributed by atoms with van der Waals surface area (Å²) in [7, 11) is 1.65. The van der Waals surface area contributed by atoms with Gasteiger partial charge in [0.2, 0.25) is 0 Å². The molecule has 23 heavy (non-hydrogen) atoms. The zero-order chi connectivity index (χ0) is 16.6. The highest BCUT2D eigenvalue weighted by atomic mass is 16.5. The van der Waals surface area contributed by atoms with Crippen molar-refractivity contribution in [3.05, 3.63) is 59.2 Å². The first-order chi connectivity index (χ1) is 11.0. The average Bonchev–Trinajstić information content (AvgIpc) is 2.53. The number of methoxy groups -OCH3 is 1. The minimum atomic E-state index is -0.164. The van der Waals surface area contributed by atoms with Crippen LogP contribution in [-0.4, -0.2) is 19.2 Å². The van der Waals surface area contributed by atoms with E-state index in [0.29, 0.717) is 0 Å². The van der Waals surface area contributed by atoms with E-state index in [-0.39, 0.29) is 18.1 Å². The summed E-state index contributed by atoms with van der Waals surface area (Å²) in [6.45, 7) is 6.10. The normalized spacial score (nSPS) is 17.0. The second kappa shape index (κ2) is 5.95. The highest BCUT2D eigenvalue weighted by Crippen LogP contribution is 2.37. The third-order valence-electron chi connectivity index (χ3n) is 4.19. The maximum atomic E-state index is 12.6. The molecular formula is C19H22N2O2. The molecule has 2 aromatic carbocycles. The van der Waals surface area contributed by atoms with Crippen molar-refractivity contribution in [3.8, 4) is 5.75 Å². The van der Waals surface area contributed by atoms with Gasteiger partial charge in [-0.15, -0.1) is 0 Å². The van der Waals surface area contributed by atoms with E-state index in [1.165, 1.54) is 0 Å². The molecule has 0 radical (unpaired) electrons. The number of fused-ring (bicyclic) bond motifs is 1. The Morgan fingerprint density at radius 1 is 1.17 bits per heavy atom. The number of urea groups is 1. The van der Waals surface area contributed by atoms with Crippen LogP contribution in [0.25, 0.3) is 0 Å². The minimum Gasteiger partial charge on any atom is -0.497 e. The Labute approximate surface area is 137 Å². The quantitative estimate of drug-likeness (QED) is 0.930. The fraction of sp³-hybridized carbons (Fsp3) is 0.316. The van der Waals surface area contributed by atoms with Crippen LogP contribution in [-0.2, 0) is 0 Å². The van der Waals surface area contributed by atoms with Gasteiger partial charge in [-0.05, 0) is 50.1 Å². The summed E-state index contributed by atoms with van der Waals surface area (Å²) < 4.78 is 5.32. The van der Waals surface area contributed by atoms with Crippen LogP contribution in [0.2, 0.25) is 0 Å². The van der Waals surface area contributed by atoms with E-state index in [1.54, 1.807) is 7.11 Å². The van der Waals surface area contributed by atoms with Crippen LogP contribution < -0.4 is 15.0 Å². The molecule has 2 amide bonds. The molecular weight excluding hydrogens is 288 g/mol. The van der Waals surface area contributed by atoms with E-state index in [2.05, 4.69) is 23.5 Å². The largest absolute Gasteiger partial charge is 0.497 e. The minimum absolute atomic E-state index is 0.0640. The SMILES string of the molecule is COc1cccc(C2NC(=O)N(C(C)C)c3cc(C)ccc32)c1. The number of anilines is 1. The number of amides is 2. The maximum Gasteiger partial charge on any atom is 0.322 e. The Morgan fingerprint density at radius 2 is 1.96 bits per heavy atom. The summed E-state index contributed by atoms with van der Waals surface area (Å²) in [5, 5.41) is 3.12. The van der Waals surface area contributed by atoms with Gasteiger partial charge in [0.05, 0.1) is 18.8 Å². The van der Waals surface area contributed by atoms with Crippen molar-refractivity contribution >= 4 is 11.7 Å². The number of nitrogens with one attached hydrogen (secondary N) is 1. The zero-order valence-corrected chi connectivity index (χ0v) is 14.0. The lowest BCUT2D eigenvalue weighted by Crippen LogP contribution is -2.50. The van der Waals surface area contributed by atoms with Gasteiger partial charge < -0.3 is 10.1 Å². The second-order valence-electron chi connectivity index (χ2n) is 6.19. The smallest absolute Gasteiger partial charge is 0.322 e. The number of benzene rings is 2. The van der Waals surface area contributed by atoms with Crippen LogP contribution in [0.4, 0.5) is 10.5 Å². The van der Waals surface area contributed by atoms with E-state index in [4.69, 9.17) is 4.74 Å². The molecule has 4 heteroatoms. The molecule has 1 aliphatic heterocycles. The molecule has 1 unspecified atom stereocenters. The second-order valence-corrected chi connectivity index (χ2v) is 6.19. The Bertz CT molecular complexity index is 740. The van der Waals surface area contributed by atoms with Crippen LogP contribution in [0.1, 0.15) is 36.6 Å². The molecule has 3 rings (SSSR count). The van der Waals surface area contributed by atoms with E-state index in [0.717, 1.165) is 28.1 Å². The lowest BCUT2D eigenvalue weighted by Gasteiger charge is -2.37. The summed E-state index contributed by atoms with van der Waals surface area (Å²) in [6, 6.07) is 14.0. The summed E-state index contributed by atoms with van der Waals surface area (Å²) in [5.41, 5.74) is 4.26. The molecule has 1 atom stereocenters. The van der Waals surface area contributed by atoms with Gasteiger partial charge in [-0.3, -0.25) is 4.90 Å². The molecule has 120 valence electrons. The zero-order valence-electron chi connectivity index (χ0n) is 14.0. The Morgan fingerprint density at radius 3 is 2.65 bits per heavy atom. The third kappa shape index (κ3) is 2.77. The molecule has 0 spiro atoms. The molecule has 1 N–H and O–H groups in total. The van der Waals surface area contributed by atoms with Crippen LogP contribution in [0.15, 0.2) is 42.5 Å². The molecule has 0 aliphatic carbocycles. The summed E-state index contributed by atoms with van der Waals surface area (Å²) in [6.07, 6.45) is 0. The lowest BCUT2D eigenvalue weighted by molar-refractivity contribution is 0.241. The fourth-order valence-electron chi connectivity index (χ4n) is 3.08. The number of nitrogens with zero attached hydrogens (tertiary/aromatic N) is 1. The Kier molecular flexibility index (Phi) is 3.99. The Balaban J connectivity index is 2.13.